The van der Waals surface area contributed by atoms with E-state index in [9.17, 15) is 9.59 Å². The zero-order valence-electron chi connectivity index (χ0n) is 7.62. The van der Waals surface area contributed by atoms with Crippen LogP contribution in [0.15, 0.2) is 29.4 Å². The molecule has 1 heterocycles. The van der Waals surface area contributed by atoms with Crippen LogP contribution in [0.4, 0.5) is 0 Å². The molecule has 74 valence electrons. The molecule has 0 bridgehead atoms. The summed E-state index contributed by atoms with van der Waals surface area (Å²) in [6.07, 6.45) is 0. The molecule has 0 fully saturated rings. The van der Waals surface area contributed by atoms with E-state index >= 15 is 0 Å². The van der Waals surface area contributed by atoms with Crippen molar-refractivity contribution < 1.29 is 9.59 Å². The van der Waals surface area contributed by atoms with E-state index in [1.165, 1.54) is 0 Å². The Balaban J connectivity index is 2.41. The zero-order valence-corrected chi connectivity index (χ0v) is 7.62. The summed E-state index contributed by atoms with van der Waals surface area (Å²) >= 11 is 0. The Morgan fingerprint density at radius 2 is 1.73 bits per heavy atom. The molecule has 0 saturated heterocycles. The molecule has 0 aromatic heterocycles. The minimum Gasteiger partial charge on any atom is -0.269 e. The maximum atomic E-state index is 11.6. The number of imide groups is 1. The van der Waals surface area contributed by atoms with Crippen LogP contribution in [0, 0.1) is 0 Å². The minimum absolute atomic E-state index is 0.261. The third-order valence-electron chi connectivity index (χ3n) is 2.15. The Morgan fingerprint density at radius 1 is 1.20 bits per heavy atom. The summed E-state index contributed by atoms with van der Waals surface area (Å²) in [5.74, 6) is -0.828. The summed E-state index contributed by atoms with van der Waals surface area (Å²) in [7, 11) is 0. The first-order valence-electron chi connectivity index (χ1n) is 4.22. The second-order valence-corrected chi connectivity index (χ2v) is 2.96. The van der Waals surface area contributed by atoms with Gasteiger partial charge in [0.2, 0.25) is 0 Å². The number of hydrogen-bond acceptors (Lipinski definition) is 3. The summed E-state index contributed by atoms with van der Waals surface area (Å²) in [6.45, 7) is -0.261. The molecule has 2 amide bonds. The van der Waals surface area contributed by atoms with Crippen molar-refractivity contribution >= 4 is 11.8 Å². The SMILES string of the molecule is [N-]=[N+]=NCN1C(=O)c2ccccc2C1=O. The Bertz CT molecular complexity index is 456. The predicted molar refractivity (Wildman–Crippen MR) is 51.0 cm³/mol. The molecule has 0 radical (unpaired) electrons. The molecule has 0 saturated carbocycles. The van der Waals surface area contributed by atoms with Crippen molar-refractivity contribution in [3.8, 4) is 0 Å². The predicted octanol–water partition coefficient (Wildman–Crippen LogP) is 1.55. The molecule has 0 atom stereocenters. The average molecular weight is 202 g/mol. The van der Waals surface area contributed by atoms with E-state index < -0.39 is 11.8 Å². The van der Waals surface area contributed by atoms with Gasteiger partial charge in [0.15, 0.2) is 0 Å². The smallest absolute Gasteiger partial charge is 0.261 e. The Labute approximate surface area is 84.7 Å². The van der Waals surface area contributed by atoms with Crippen molar-refractivity contribution in [2.75, 3.05) is 6.67 Å². The number of carbonyl (C=O) groups excluding carboxylic acids is 2. The summed E-state index contributed by atoms with van der Waals surface area (Å²) < 4.78 is 0. The lowest BCUT2D eigenvalue weighted by atomic mass is 10.1. The minimum atomic E-state index is -0.414. The number of carbonyl (C=O) groups is 2. The highest BCUT2D eigenvalue weighted by Crippen LogP contribution is 2.21. The lowest BCUT2D eigenvalue weighted by molar-refractivity contribution is 0.0658. The fourth-order valence-electron chi connectivity index (χ4n) is 1.46. The highest BCUT2D eigenvalue weighted by atomic mass is 16.2. The Kier molecular flexibility index (Phi) is 2.11. The summed E-state index contributed by atoms with van der Waals surface area (Å²) in [6, 6.07) is 6.51. The van der Waals surface area contributed by atoms with Crippen LogP contribution in [0.3, 0.4) is 0 Å². The van der Waals surface area contributed by atoms with E-state index in [0.29, 0.717) is 11.1 Å². The van der Waals surface area contributed by atoms with E-state index in [1.54, 1.807) is 24.3 Å². The maximum absolute atomic E-state index is 11.6. The largest absolute Gasteiger partial charge is 0.269 e. The molecule has 0 unspecified atom stereocenters. The van der Waals surface area contributed by atoms with Crippen LogP contribution >= 0.6 is 0 Å². The first-order chi connectivity index (χ1) is 7.25. The third kappa shape index (κ3) is 1.33. The monoisotopic (exact) mass is 202 g/mol. The van der Waals surface area contributed by atoms with Crippen molar-refractivity contribution in [1.82, 2.24) is 4.90 Å². The summed E-state index contributed by atoms with van der Waals surface area (Å²) in [5, 5.41) is 3.20. The van der Waals surface area contributed by atoms with Gasteiger partial charge in [-0.25, -0.2) is 0 Å². The summed E-state index contributed by atoms with van der Waals surface area (Å²) in [5.41, 5.74) is 8.84. The fourth-order valence-corrected chi connectivity index (χ4v) is 1.46. The highest BCUT2D eigenvalue weighted by molar-refractivity contribution is 6.21. The van der Waals surface area contributed by atoms with Gasteiger partial charge in [-0.3, -0.25) is 14.5 Å². The Hall–Kier alpha value is -2.33. The maximum Gasteiger partial charge on any atom is 0.261 e. The van der Waals surface area contributed by atoms with Crippen molar-refractivity contribution in [2.24, 2.45) is 5.11 Å². The van der Waals surface area contributed by atoms with Crippen LogP contribution in [0.2, 0.25) is 0 Å². The zero-order chi connectivity index (χ0) is 10.8. The van der Waals surface area contributed by atoms with Crippen LogP contribution in [0.5, 0.6) is 0 Å². The summed E-state index contributed by atoms with van der Waals surface area (Å²) in [4.78, 5) is 26.7. The van der Waals surface area contributed by atoms with Gasteiger partial charge in [-0.1, -0.05) is 17.2 Å². The lowest BCUT2D eigenvalue weighted by Crippen LogP contribution is -2.29. The number of nitrogens with zero attached hydrogens (tertiary/aromatic N) is 4. The van der Waals surface area contributed by atoms with Gasteiger partial charge in [-0.15, -0.1) is 0 Å². The number of amides is 2. The molecular formula is C9H6N4O2. The number of hydrogen-bond donors (Lipinski definition) is 0. The van der Waals surface area contributed by atoms with Gasteiger partial charge >= 0.3 is 0 Å². The molecule has 0 aliphatic carbocycles. The molecule has 6 nitrogen and oxygen atoms in total. The van der Waals surface area contributed by atoms with Crippen LogP contribution in [-0.4, -0.2) is 23.4 Å². The van der Waals surface area contributed by atoms with Gasteiger partial charge in [0.1, 0.15) is 6.67 Å². The molecule has 0 N–H and O–H groups in total. The van der Waals surface area contributed by atoms with Crippen molar-refractivity contribution in [1.29, 1.82) is 0 Å². The van der Waals surface area contributed by atoms with E-state index in [-0.39, 0.29) is 6.67 Å². The number of benzene rings is 1. The van der Waals surface area contributed by atoms with Gasteiger partial charge in [0.25, 0.3) is 11.8 Å². The van der Waals surface area contributed by atoms with Crippen LogP contribution < -0.4 is 0 Å². The molecule has 1 aromatic carbocycles. The van der Waals surface area contributed by atoms with E-state index in [2.05, 4.69) is 10.0 Å². The number of rotatable bonds is 2. The fraction of sp³-hybridized carbons (Fsp3) is 0.111. The van der Waals surface area contributed by atoms with Crippen LogP contribution in [0.25, 0.3) is 10.4 Å². The highest BCUT2D eigenvalue weighted by Gasteiger charge is 2.34. The molecule has 1 aromatic rings. The molecule has 2 rings (SSSR count). The number of fused-ring (bicyclic) bond motifs is 1. The lowest BCUT2D eigenvalue weighted by Gasteiger charge is -2.08. The molecule has 1 aliphatic heterocycles. The van der Waals surface area contributed by atoms with Gasteiger partial charge in [0, 0.05) is 4.91 Å². The Morgan fingerprint density at radius 3 is 2.20 bits per heavy atom. The van der Waals surface area contributed by atoms with Gasteiger partial charge in [0.05, 0.1) is 11.1 Å². The molecule has 1 aliphatic rings. The van der Waals surface area contributed by atoms with Crippen LogP contribution in [0.1, 0.15) is 20.7 Å². The normalized spacial score (nSPS) is 13.7. The second kappa shape index (κ2) is 3.43. The first-order valence-corrected chi connectivity index (χ1v) is 4.22. The van der Waals surface area contributed by atoms with E-state index in [0.717, 1.165) is 4.90 Å². The molecule has 0 spiro atoms. The topological polar surface area (TPSA) is 86.1 Å². The van der Waals surface area contributed by atoms with Gasteiger partial charge in [-0.05, 0) is 17.7 Å². The van der Waals surface area contributed by atoms with Crippen molar-refractivity contribution in [3.63, 3.8) is 0 Å². The standard InChI is InChI=1S/C9H6N4O2/c10-12-11-5-13-8(14)6-3-1-2-4-7(6)9(13)15/h1-4H,5H2. The third-order valence-corrected chi connectivity index (χ3v) is 2.15. The number of azide groups is 1. The van der Waals surface area contributed by atoms with Gasteiger partial charge < -0.3 is 0 Å². The molecule has 6 heteroatoms. The molecular weight excluding hydrogens is 196 g/mol. The quantitative estimate of drug-likeness (QED) is 0.315. The van der Waals surface area contributed by atoms with Crippen molar-refractivity contribution in [2.45, 2.75) is 0 Å². The average Bonchev–Trinajstić information content (AvgIpc) is 2.51. The first kappa shape index (κ1) is 9.23. The van der Waals surface area contributed by atoms with Crippen molar-refractivity contribution in [3.05, 3.63) is 45.8 Å². The van der Waals surface area contributed by atoms with Gasteiger partial charge in [-0.2, -0.15) is 0 Å². The molecule has 15 heavy (non-hydrogen) atoms. The second-order valence-electron chi connectivity index (χ2n) is 2.96. The van der Waals surface area contributed by atoms with Crippen LogP contribution in [-0.2, 0) is 0 Å². The van der Waals surface area contributed by atoms with E-state index in [4.69, 9.17) is 5.53 Å². The van der Waals surface area contributed by atoms with E-state index in [1.807, 2.05) is 0 Å².